The van der Waals surface area contributed by atoms with Gasteiger partial charge in [-0.2, -0.15) is 0 Å². The number of hydrogen-bond donors (Lipinski definition) is 1. The van der Waals surface area contributed by atoms with E-state index in [-0.39, 0.29) is 11.2 Å². The summed E-state index contributed by atoms with van der Waals surface area (Å²) in [7, 11) is 0. The minimum atomic E-state index is -0.340. The maximum Gasteiger partial charge on any atom is 0.230 e. The molecule has 2 aromatic rings. The Labute approximate surface area is 113 Å². The number of thiophene rings is 1. The van der Waals surface area contributed by atoms with Crippen LogP contribution >= 0.6 is 23.1 Å². The van der Waals surface area contributed by atoms with E-state index >= 15 is 0 Å². The van der Waals surface area contributed by atoms with E-state index in [4.69, 9.17) is 5.73 Å². The summed E-state index contributed by atoms with van der Waals surface area (Å²) < 4.78 is 1.95. The van der Waals surface area contributed by atoms with E-state index in [1.807, 2.05) is 10.6 Å². The second-order valence-electron chi connectivity index (χ2n) is 3.80. The molecule has 2 N–H and O–H groups in total. The standard InChI is InChI=1S/C11H14N4OS2/c1-8(10(12)16)18-11-14-13-7-15(11)5-4-9-3-2-6-17-9/h2-3,6-8H,4-5H2,1H3,(H2,12,16). The first-order valence-corrected chi connectivity index (χ1v) is 7.29. The number of rotatable bonds is 6. The molecule has 0 aromatic carbocycles. The Morgan fingerprint density at radius 1 is 1.67 bits per heavy atom. The van der Waals surface area contributed by atoms with Crippen molar-refractivity contribution in [1.29, 1.82) is 0 Å². The van der Waals surface area contributed by atoms with Crippen molar-refractivity contribution < 1.29 is 4.79 Å². The summed E-state index contributed by atoms with van der Waals surface area (Å²) in [5.74, 6) is -0.340. The van der Waals surface area contributed by atoms with Crippen molar-refractivity contribution in [2.75, 3.05) is 0 Å². The van der Waals surface area contributed by atoms with Crippen LogP contribution < -0.4 is 5.73 Å². The van der Waals surface area contributed by atoms with Crippen molar-refractivity contribution in [2.45, 2.75) is 30.3 Å². The van der Waals surface area contributed by atoms with E-state index in [1.54, 1.807) is 24.6 Å². The summed E-state index contributed by atoms with van der Waals surface area (Å²) in [6.45, 7) is 2.58. The highest BCUT2D eigenvalue weighted by atomic mass is 32.2. The lowest BCUT2D eigenvalue weighted by molar-refractivity contribution is -0.117. The normalized spacial score (nSPS) is 12.5. The van der Waals surface area contributed by atoms with Gasteiger partial charge in [-0.25, -0.2) is 0 Å². The van der Waals surface area contributed by atoms with Crippen molar-refractivity contribution in [3.05, 3.63) is 28.7 Å². The molecule has 0 radical (unpaired) electrons. The predicted molar refractivity (Wildman–Crippen MR) is 72.6 cm³/mol. The zero-order chi connectivity index (χ0) is 13.0. The highest BCUT2D eigenvalue weighted by Crippen LogP contribution is 2.21. The van der Waals surface area contributed by atoms with Crippen LogP contribution in [0.1, 0.15) is 11.8 Å². The Bertz CT molecular complexity index is 509. The van der Waals surface area contributed by atoms with Crippen molar-refractivity contribution in [2.24, 2.45) is 5.73 Å². The number of aryl methyl sites for hydroxylation is 2. The molecule has 0 aliphatic carbocycles. The Hall–Kier alpha value is -1.34. The van der Waals surface area contributed by atoms with Gasteiger partial charge < -0.3 is 10.3 Å². The van der Waals surface area contributed by atoms with Gasteiger partial charge in [-0.05, 0) is 24.8 Å². The maximum atomic E-state index is 11.0. The highest BCUT2D eigenvalue weighted by molar-refractivity contribution is 8.00. The van der Waals surface area contributed by atoms with E-state index in [9.17, 15) is 4.79 Å². The number of nitrogens with zero attached hydrogens (tertiary/aromatic N) is 3. The molecule has 1 atom stereocenters. The zero-order valence-corrected chi connectivity index (χ0v) is 11.6. The second kappa shape index (κ2) is 6.01. The van der Waals surface area contributed by atoms with Crippen molar-refractivity contribution in [1.82, 2.24) is 14.8 Å². The number of thioether (sulfide) groups is 1. The van der Waals surface area contributed by atoms with Crippen LogP contribution in [0.4, 0.5) is 0 Å². The lowest BCUT2D eigenvalue weighted by atomic mass is 10.3. The molecule has 0 aliphatic rings. The van der Waals surface area contributed by atoms with Crippen molar-refractivity contribution in [3.8, 4) is 0 Å². The lowest BCUT2D eigenvalue weighted by Gasteiger charge is -2.08. The molecule has 5 nitrogen and oxygen atoms in total. The van der Waals surface area contributed by atoms with Gasteiger partial charge in [-0.1, -0.05) is 17.8 Å². The van der Waals surface area contributed by atoms with Gasteiger partial charge in [-0.15, -0.1) is 21.5 Å². The van der Waals surface area contributed by atoms with Gasteiger partial charge in [0.05, 0.1) is 5.25 Å². The van der Waals surface area contributed by atoms with Crippen LogP contribution in [0.5, 0.6) is 0 Å². The minimum Gasteiger partial charge on any atom is -0.369 e. The summed E-state index contributed by atoms with van der Waals surface area (Å²) >= 11 is 3.07. The van der Waals surface area contributed by atoms with Crippen LogP contribution in [0.15, 0.2) is 29.0 Å². The van der Waals surface area contributed by atoms with E-state index in [2.05, 4.69) is 21.6 Å². The first-order chi connectivity index (χ1) is 8.66. The molecule has 0 fully saturated rings. The Morgan fingerprint density at radius 2 is 2.50 bits per heavy atom. The van der Waals surface area contributed by atoms with Gasteiger partial charge in [0, 0.05) is 11.4 Å². The fourth-order valence-electron chi connectivity index (χ4n) is 1.39. The summed E-state index contributed by atoms with van der Waals surface area (Å²) in [6.07, 6.45) is 2.62. The molecular formula is C11H14N4OS2. The Kier molecular flexibility index (Phi) is 4.38. The van der Waals surface area contributed by atoms with Crippen LogP contribution in [0.25, 0.3) is 0 Å². The van der Waals surface area contributed by atoms with Gasteiger partial charge in [-0.3, -0.25) is 4.79 Å². The highest BCUT2D eigenvalue weighted by Gasteiger charge is 2.14. The molecule has 1 unspecified atom stereocenters. The minimum absolute atomic E-state index is 0.297. The van der Waals surface area contributed by atoms with Crippen LogP contribution in [0, 0.1) is 0 Å². The molecule has 0 aliphatic heterocycles. The number of nitrogens with two attached hydrogens (primary N) is 1. The molecule has 0 saturated heterocycles. The zero-order valence-electron chi connectivity index (χ0n) is 9.94. The average Bonchev–Trinajstić information content (AvgIpc) is 2.97. The van der Waals surface area contributed by atoms with Crippen molar-refractivity contribution >= 4 is 29.0 Å². The molecule has 2 aromatic heterocycles. The molecule has 0 bridgehead atoms. The Balaban J connectivity index is 1.97. The van der Waals surface area contributed by atoms with Crippen LogP contribution in [0.3, 0.4) is 0 Å². The average molecular weight is 282 g/mol. The summed E-state index contributed by atoms with van der Waals surface area (Å²) in [5.41, 5.74) is 5.24. The van der Waals surface area contributed by atoms with E-state index in [0.29, 0.717) is 0 Å². The molecule has 2 rings (SSSR count). The number of aromatic nitrogens is 3. The molecule has 96 valence electrons. The molecule has 2 heterocycles. The van der Waals surface area contributed by atoms with E-state index in [1.165, 1.54) is 16.6 Å². The molecule has 0 spiro atoms. The number of hydrogen-bond acceptors (Lipinski definition) is 5. The first-order valence-electron chi connectivity index (χ1n) is 5.53. The topological polar surface area (TPSA) is 73.8 Å². The van der Waals surface area contributed by atoms with E-state index in [0.717, 1.165) is 18.1 Å². The number of amides is 1. The third-order valence-corrected chi connectivity index (χ3v) is 4.49. The summed E-state index contributed by atoms with van der Waals surface area (Å²) in [5, 5.41) is 10.4. The second-order valence-corrected chi connectivity index (χ2v) is 6.14. The molecular weight excluding hydrogens is 268 g/mol. The predicted octanol–water partition coefficient (Wildman–Crippen LogP) is 1.55. The third kappa shape index (κ3) is 3.33. The van der Waals surface area contributed by atoms with Crippen LogP contribution in [0.2, 0.25) is 0 Å². The lowest BCUT2D eigenvalue weighted by Crippen LogP contribution is -2.23. The molecule has 18 heavy (non-hydrogen) atoms. The quantitative estimate of drug-likeness (QED) is 0.816. The molecule has 0 saturated carbocycles. The smallest absolute Gasteiger partial charge is 0.230 e. The Morgan fingerprint density at radius 3 is 3.17 bits per heavy atom. The largest absolute Gasteiger partial charge is 0.369 e. The van der Waals surface area contributed by atoms with Gasteiger partial charge in [0.15, 0.2) is 5.16 Å². The van der Waals surface area contributed by atoms with Gasteiger partial charge in [0.2, 0.25) is 5.91 Å². The van der Waals surface area contributed by atoms with Gasteiger partial charge in [0.25, 0.3) is 0 Å². The van der Waals surface area contributed by atoms with E-state index < -0.39 is 0 Å². The van der Waals surface area contributed by atoms with Gasteiger partial charge >= 0.3 is 0 Å². The molecule has 1 amide bonds. The summed E-state index contributed by atoms with van der Waals surface area (Å²) in [6, 6.07) is 4.14. The molecule has 7 heteroatoms. The summed E-state index contributed by atoms with van der Waals surface area (Å²) in [4.78, 5) is 12.3. The van der Waals surface area contributed by atoms with Crippen molar-refractivity contribution in [3.63, 3.8) is 0 Å². The fraction of sp³-hybridized carbons (Fsp3) is 0.364. The maximum absolute atomic E-state index is 11.0. The third-order valence-electron chi connectivity index (χ3n) is 2.44. The van der Waals surface area contributed by atoms with Crippen LogP contribution in [-0.2, 0) is 17.8 Å². The fourth-order valence-corrected chi connectivity index (χ4v) is 2.89. The monoisotopic (exact) mass is 282 g/mol. The van der Waals surface area contributed by atoms with Crippen LogP contribution in [-0.4, -0.2) is 25.9 Å². The van der Waals surface area contributed by atoms with Gasteiger partial charge in [0.1, 0.15) is 6.33 Å². The first kappa shape index (κ1) is 13.1. The number of primary amides is 1. The SMILES string of the molecule is CC(Sc1nncn1CCc1cccs1)C(N)=O. The number of carbonyl (C=O) groups excluding carboxylic acids is 1. The number of carbonyl (C=O) groups is 1.